The van der Waals surface area contributed by atoms with Crippen molar-refractivity contribution < 1.29 is 19.0 Å². The second-order valence-corrected chi connectivity index (χ2v) is 5.86. The van der Waals surface area contributed by atoms with Crippen molar-refractivity contribution in [3.8, 4) is 29.6 Å². The molecule has 0 radical (unpaired) electrons. The molecule has 5 nitrogen and oxygen atoms in total. The molecule has 0 atom stereocenters. The maximum absolute atomic E-state index is 11.3. The summed E-state index contributed by atoms with van der Waals surface area (Å²) in [5, 5.41) is 3.52. The zero-order valence-electron chi connectivity index (χ0n) is 13.8. The third-order valence-electron chi connectivity index (χ3n) is 3.04. The molecule has 0 unspecified atom stereocenters. The molecule has 0 heterocycles. The summed E-state index contributed by atoms with van der Waals surface area (Å²) in [6, 6.07) is 12.1. The number of nitrogens with one attached hydrogen (secondary N) is 1. The lowest BCUT2D eigenvalue weighted by Crippen LogP contribution is -2.29. The third kappa shape index (κ3) is 6.75. The molecule has 2 aromatic rings. The van der Waals surface area contributed by atoms with E-state index in [0.717, 1.165) is 0 Å². The van der Waals surface area contributed by atoms with E-state index in [2.05, 4.69) is 11.2 Å². The first-order valence-corrected chi connectivity index (χ1v) is 8.54. The third-order valence-corrected chi connectivity index (χ3v) is 3.57. The van der Waals surface area contributed by atoms with Crippen LogP contribution in [0.1, 0.15) is 6.42 Å². The molecule has 0 aliphatic rings. The van der Waals surface area contributed by atoms with Gasteiger partial charge in [0.1, 0.15) is 30.5 Å². The van der Waals surface area contributed by atoms with Crippen LogP contribution in [0.25, 0.3) is 0 Å². The SMILES string of the molecule is C#CCCOC(=O)NCCOc1ccc(Oc2cccc(Cl)c2)cc1Cl. The first-order valence-electron chi connectivity index (χ1n) is 7.78. The maximum atomic E-state index is 11.3. The van der Waals surface area contributed by atoms with E-state index in [0.29, 0.717) is 33.7 Å². The van der Waals surface area contributed by atoms with Crippen LogP contribution in [0.4, 0.5) is 4.79 Å². The average Bonchev–Trinajstić information content (AvgIpc) is 2.60. The summed E-state index contributed by atoms with van der Waals surface area (Å²) in [6.45, 7) is 0.688. The number of hydrogen-bond donors (Lipinski definition) is 1. The predicted molar refractivity (Wildman–Crippen MR) is 101 cm³/mol. The Balaban J connectivity index is 1.78. The number of carbonyl (C=O) groups excluding carboxylic acids is 1. The Morgan fingerprint density at radius 3 is 2.65 bits per heavy atom. The average molecular weight is 394 g/mol. The number of rotatable bonds is 8. The Hall–Kier alpha value is -2.55. The second kappa shape index (κ2) is 10.4. The highest BCUT2D eigenvalue weighted by molar-refractivity contribution is 6.32. The predicted octanol–water partition coefficient (Wildman–Crippen LogP) is 4.91. The molecule has 0 aliphatic carbocycles. The molecule has 7 heteroatoms. The van der Waals surface area contributed by atoms with E-state index >= 15 is 0 Å². The Morgan fingerprint density at radius 1 is 1.12 bits per heavy atom. The molecular weight excluding hydrogens is 377 g/mol. The lowest BCUT2D eigenvalue weighted by atomic mass is 10.3. The van der Waals surface area contributed by atoms with Gasteiger partial charge in [0.25, 0.3) is 0 Å². The lowest BCUT2D eigenvalue weighted by molar-refractivity contribution is 0.146. The van der Waals surface area contributed by atoms with Crippen LogP contribution in [0, 0.1) is 12.3 Å². The van der Waals surface area contributed by atoms with Gasteiger partial charge in [0.2, 0.25) is 0 Å². The Kier molecular flexibility index (Phi) is 7.94. The van der Waals surface area contributed by atoms with Crippen molar-refractivity contribution in [2.75, 3.05) is 19.8 Å². The number of benzene rings is 2. The fraction of sp³-hybridized carbons (Fsp3) is 0.211. The van der Waals surface area contributed by atoms with Crippen molar-refractivity contribution in [3.63, 3.8) is 0 Å². The van der Waals surface area contributed by atoms with Crippen LogP contribution in [0.15, 0.2) is 42.5 Å². The Morgan fingerprint density at radius 2 is 1.92 bits per heavy atom. The van der Waals surface area contributed by atoms with Crippen LogP contribution in [0.2, 0.25) is 10.0 Å². The van der Waals surface area contributed by atoms with E-state index in [4.69, 9.17) is 43.8 Å². The summed E-state index contributed by atoms with van der Waals surface area (Å²) >= 11 is 12.1. The van der Waals surface area contributed by atoms with Crippen molar-refractivity contribution >= 4 is 29.3 Å². The largest absolute Gasteiger partial charge is 0.490 e. The monoisotopic (exact) mass is 393 g/mol. The summed E-state index contributed by atoms with van der Waals surface area (Å²) in [5.41, 5.74) is 0. The molecule has 136 valence electrons. The summed E-state index contributed by atoms with van der Waals surface area (Å²) in [6.07, 6.45) is 4.90. The van der Waals surface area contributed by atoms with Gasteiger partial charge in [-0.2, -0.15) is 0 Å². The number of ether oxygens (including phenoxy) is 3. The maximum Gasteiger partial charge on any atom is 0.407 e. The number of carbonyl (C=O) groups is 1. The molecule has 0 fully saturated rings. The first-order chi connectivity index (χ1) is 12.6. The number of alkyl carbamates (subject to hydrolysis) is 1. The van der Waals surface area contributed by atoms with E-state index in [-0.39, 0.29) is 19.8 Å². The highest BCUT2D eigenvalue weighted by atomic mass is 35.5. The smallest absolute Gasteiger partial charge is 0.407 e. The Bertz CT molecular complexity index is 789. The van der Waals surface area contributed by atoms with Crippen molar-refractivity contribution in [2.24, 2.45) is 0 Å². The van der Waals surface area contributed by atoms with Gasteiger partial charge in [-0.25, -0.2) is 4.79 Å². The second-order valence-electron chi connectivity index (χ2n) is 5.02. The van der Waals surface area contributed by atoms with Crippen molar-refractivity contribution in [2.45, 2.75) is 6.42 Å². The van der Waals surface area contributed by atoms with Crippen LogP contribution in [0.5, 0.6) is 17.2 Å². The van der Waals surface area contributed by atoms with Gasteiger partial charge in [0, 0.05) is 17.5 Å². The van der Waals surface area contributed by atoms with E-state index in [1.54, 1.807) is 42.5 Å². The quantitative estimate of drug-likeness (QED) is 0.511. The fourth-order valence-electron chi connectivity index (χ4n) is 1.90. The lowest BCUT2D eigenvalue weighted by Gasteiger charge is -2.11. The minimum Gasteiger partial charge on any atom is -0.490 e. The van der Waals surface area contributed by atoms with Crippen LogP contribution < -0.4 is 14.8 Å². The first kappa shape index (κ1) is 19.8. The Labute approximate surface area is 162 Å². The van der Waals surface area contributed by atoms with Gasteiger partial charge in [-0.15, -0.1) is 12.3 Å². The van der Waals surface area contributed by atoms with Gasteiger partial charge in [-0.3, -0.25) is 0 Å². The molecule has 0 aromatic heterocycles. The summed E-state index contributed by atoms with van der Waals surface area (Å²) in [5.74, 6) is 4.02. The standard InChI is InChI=1S/C19H17Cl2NO4/c1-2-3-10-25-19(23)22-9-11-24-18-8-7-16(13-17(18)21)26-15-6-4-5-14(20)12-15/h1,4-8,12-13H,3,9-11H2,(H,22,23). The molecule has 26 heavy (non-hydrogen) atoms. The molecule has 0 aliphatic heterocycles. The van der Waals surface area contributed by atoms with Crippen LogP contribution in [-0.4, -0.2) is 25.9 Å². The van der Waals surface area contributed by atoms with E-state index < -0.39 is 6.09 Å². The van der Waals surface area contributed by atoms with Gasteiger partial charge in [-0.1, -0.05) is 29.3 Å². The molecule has 0 saturated heterocycles. The van der Waals surface area contributed by atoms with E-state index in [9.17, 15) is 4.79 Å². The van der Waals surface area contributed by atoms with Crippen LogP contribution in [0.3, 0.4) is 0 Å². The molecule has 1 N–H and O–H groups in total. The number of halogens is 2. The zero-order valence-corrected chi connectivity index (χ0v) is 15.3. The summed E-state index contributed by atoms with van der Waals surface area (Å²) < 4.78 is 16.1. The van der Waals surface area contributed by atoms with Gasteiger partial charge < -0.3 is 19.5 Å². The zero-order chi connectivity index (χ0) is 18.8. The van der Waals surface area contributed by atoms with E-state index in [1.165, 1.54) is 0 Å². The molecule has 2 rings (SSSR count). The molecule has 2 aromatic carbocycles. The van der Waals surface area contributed by atoms with Crippen molar-refractivity contribution in [1.29, 1.82) is 0 Å². The minimum atomic E-state index is -0.541. The highest BCUT2D eigenvalue weighted by Crippen LogP contribution is 2.31. The van der Waals surface area contributed by atoms with Crippen molar-refractivity contribution in [1.82, 2.24) is 5.32 Å². The van der Waals surface area contributed by atoms with Crippen LogP contribution >= 0.6 is 23.2 Å². The summed E-state index contributed by atoms with van der Waals surface area (Å²) in [7, 11) is 0. The van der Waals surface area contributed by atoms with Crippen molar-refractivity contribution in [3.05, 3.63) is 52.5 Å². The van der Waals surface area contributed by atoms with Crippen LogP contribution in [-0.2, 0) is 4.74 Å². The van der Waals surface area contributed by atoms with Gasteiger partial charge in [-0.05, 0) is 30.3 Å². The molecule has 0 saturated carbocycles. The summed E-state index contributed by atoms with van der Waals surface area (Å²) in [4.78, 5) is 11.3. The topological polar surface area (TPSA) is 56.8 Å². The molecule has 0 bridgehead atoms. The normalized spacial score (nSPS) is 9.88. The number of amides is 1. The van der Waals surface area contributed by atoms with E-state index in [1.807, 2.05) is 0 Å². The number of terminal acetylenes is 1. The van der Waals surface area contributed by atoms with Gasteiger partial charge in [0.05, 0.1) is 11.6 Å². The van der Waals surface area contributed by atoms with Gasteiger partial charge in [0.15, 0.2) is 0 Å². The van der Waals surface area contributed by atoms with Gasteiger partial charge >= 0.3 is 6.09 Å². The molecule has 0 spiro atoms. The fourth-order valence-corrected chi connectivity index (χ4v) is 2.30. The minimum absolute atomic E-state index is 0.184. The molecular formula is C19H17Cl2NO4. The number of hydrogen-bond acceptors (Lipinski definition) is 4. The molecule has 1 amide bonds. The highest BCUT2D eigenvalue weighted by Gasteiger charge is 2.06.